The summed E-state index contributed by atoms with van der Waals surface area (Å²) in [7, 11) is 0. The second-order valence-electron chi connectivity index (χ2n) is 6.03. The van der Waals surface area contributed by atoms with Gasteiger partial charge >= 0.3 is 0 Å². The molecule has 0 fully saturated rings. The smallest absolute Gasteiger partial charge is 0.184 e. The van der Waals surface area contributed by atoms with E-state index in [9.17, 15) is 5.11 Å². The second kappa shape index (κ2) is 9.35. The number of hydrogen-bond acceptors (Lipinski definition) is 3. The van der Waals surface area contributed by atoms with Crippen LogP contribution in [0.5, 0.6) is 0 Å². The van der Waals surface area contributed by atoms with Gasteiger partial charge in [0.05, 0.1) is 6.61 Å². The molecular weight excluding hydrogens is 238 g/mol. The van der Waals surface area contributed by atoms with Gasteiger partial charge in [-0.15, -0.1) is 0 Å². The highest BCUT2D eigenvalue weighted by Crippen LogP contribution is 2.20. The van der Waals surface area contributed by atoms with Crippen LogP contribution in [0.1, 0.15) is 78.1 Å². The van der Waals surface area contributed by atoms with E-state index in [1.165, 1.54) is 51.4 Å². The Morgan fingerprint density at radius 1 is 1.05 bits per heavy atom. The molecule has 0 bridgehead atoms. The summed E-state index contributed by atoms with van der Waals surface area (Å²) in [6, 6.07) is 0. The predicted octanol–water partition coefficient (Wildman–Crippen LogP) is 4.09. The van der Waals surface area contributed by atoms with Crippen molar-refractivity contribution >= 4 is 5.90 Å². The summed E-state index contributed by atoms with van der Waals surface area (Å²) in [4.78, 5) is 4.45. The van der Waals surface area contributed by atoms with Crippen molar-refractivity contribution in [2.45, 2.75) is 83.6 Å². The largest absolute Gasteiger partial charge is 0.478 e. The standard InChI is InChI=1S/C16H31NO2/c1-3-4-5-6-7-8-9-10-11-12-15-17-16(2,13-18)14-19-15/h18H,3-14H2,1-2H3. The van der Waals surface area contributed by atoms with Gasteiger partial charge in [-0.25, -0.2) is 4.99 Å². The topological polar surface area (TPSA) is 41.8 Å². The molecule has 1 aliphatic heterocycles. The fourth-order valence-electron chi connectivity index (χ4n) is 2.40. The van der Waals surface area contributed by atoms with Gasteiger partial charge in [0.25, 0.3) is 0 Å². The number of unbranched alkanes of at least 4 members (excludes halogenated alkanes) is 8. The molecule has 0 aromatic heterocycles. The zero-order chi connectivity index (χ0) is 14.0. The summed E-state index contributed by atoms with van der Waals surface area (Å²) >= 11 is 0. The number of hydrogen-bond donors (Lipinski definition) is 1. The maximum absolute atomic E-state index is 9.19. The summed E-state index contributed by atoms with van der Waals surface area (Å²) in [5.74, 6) is 0.847. The Kier molecular flexibility index (Phi) is 8.11. The molecule has 112 valence electrons. The maximum Gasteiger partial charge on any atom is 0.184 e. The molecular formula is C16H31NO2. The molecule has 1 heterocycles. The summed E-state index contributed by atoms with van der Waals surface area (Å²) in [6.07, 6.45) is 13.0. The zero-order valence-corrected chi connectivity index (χ0v) is 12.8. The Morgan fingerprint density at radius 2 is 1.63 bits per heavy atom. The lowest BCUT2D eigenvalue weighted by Gasteiger charge is -2.12. The van der Waals surface area contributed by atoms with Crippen molar-refractivity contribution in [3.8, 4) is 0 Å². The normalized spacial score (nSPS) is 22.4. The zero-order valence-electron chi connectivity index (χ0n) is 12.8. The fraction of sp³-hybridized carbons (Fsp3) is 0.938. The minimum Gasteiger partial charge on any atom is -0.478 e. The van der Waals surface area contributed by atoms with Gasteiger partial charge in [0.2, 0.25) is 0 Å². The molecule has 0 aliphatic carbocycles. The van der Waals surface area contributed by atoms with E-state index in [0.29, 0.717) is 6.61 Å². The van der Waals surface area contributed by atoms with Crippen LogP contribution in [-0.4, -0.2) is 29.8 Å². The number of aliphatic hydroxyl groups excluding tert-OH is 1. The van der Waals surface area contributed by atoms with Crippen LogP contribution in [0.15, 0.2) is 4.99 Å². The van der Waals surface area contributed by atoms with Gasteiger partial charge < -0.3 is 9.84 Å². The van der Waals surface area contributed by atoms with Crippen LogP contribution in [0.2, 0.25) is 0 Å². The van der Waals surface area contributed by atoms with Crippen molar-refractivity contribution in [2.75, 3.05) is 13.2 Å². The Labute approximate surface area is 118 Å². The number of rotatable bonds is 11. The van der Waals surface area contributed by atoms with Gasteiger partial charge in [-0.3, -0.25) is 0 Å². The van der Waals surface area contributed by atoms with Crippen molar-refractivity contribution in [1.29, 1.82) is 0 Å². The van der Waals surface area contributed by atoms with Crippen LogP contribution in [0.25, 0.3) is 0 Å². The lowest BCUT2D eigenvalue weighted by molar-refractivity contribution is 0.169. The molecule has 0 aromatic carbocycles. The van der Waals surface area contributed by atoms with Crippen LogP contribution in [0.3, 0.4) is 0 Å². The third-order valence-electron chi connectivity index (χ3n) is 3.78. The molecule has 1 aliphatic rings. The van der Waals surface area contributed by atoms with Crippen molar-refractivity contribution in [1.82, 2.24) is 0 Å². The Hall–Kier alpha value is -0.570. The van der Waals surface area contributed by atoms with Gasteiger partial charge in [0.1, 0.15) is 12.1 Å². The first-order valence-electron chi connectivity index (χ1n) is 8.02. The van der Waals surface area contributed by atoms with E-state index in [1.54, 1.807) is 0 Å². The predicted molar refractivity (Wildman–Crippen MR) is 80.7 cm³/mol. The highest BCUT2D eigenvalue weighted by Gasteiger charge is 2.30. The molecule has 19 heavy (non-hydrogen) atoms. The van der Waals surface area contributed by atoms with E-state index in [4.69, 9.17) is 4.74 Å². The van der Waals surface area contributed by atoms with Gasteiger partial charge in [-0.2, -0.15) is 0 Å². The van der Waals surface area contributed by atoms with Crippen LogP contribution in [0.4, 0.5) is 0 Å². The van der Waals surface area contributed by atoms with Crippen molar-refractivity contribution in [2.24, 2.45) is 4.99 Å². The quantitative estimate of drug-likeness (QED) is 0.574. The van der Waals surface area contributed by atoms with E-state index in [0.717, 1.165) is 18.7 Å². The third kappa shape index (κ3) is 6.95. The molecule has 1 unspecified atom stereocenters. The van der Waals surface area contributed by atoms with Gasteiger partial charge in [-0.05, 0) is 13.3 Å². The molecule has 0 saturated carbocycles. The van der Waals surface area contributed by atoms with E-state index in [2.05, 4.69) is 11.9 Å². The summed E-state index contributed by atoms with van der Waals surface area (Å²) < 4.78 is 5.52. The van der Waals surface area contributed by atoms with E-state index in [-0.39, 0.29) is 12.1 Å². The minimum absolute atomic E-state index is 0.0776. The number of nitrogens with zero attached hydrogens (tertiary/aromatic N) is 1. The SMILES string of the molecule is CCCCCCCCCCCC1=NC(C)(CO)CO1. The van der Waals surface area contributed by atoms with Crippen molar-refractivity contribution in [3.05, 3.63) is 0 Å². The summed E-state index contributed by atoms with van der Waals surface area (Å²) in [6.45, 7) is 4.82. The van der Waals surface area contributed by atoms with Crippen molar-refractivity contribution in [3.63, 3.8) is 0 Å². The molecule has 1 atom stereocenters. The van der Waals surface area contributed by atoms with E-state index < -0.39 is 0 Å². The average molecular weight is 269 g/mol. The van der Waals surface area contributed by atoms with E-state index in [1.807, 2.05) is 6.92 Å². The lowest BCUT2D eigenvalue weighted by Crippen LogP contribution is -2.28. The monoisotopic (exact) mass is 269 g/mol. The number of aliphatic imine (C=N–C) groups is 1. The van der Waals surface area contributed by atoms with Crippen LogP contribution in [-0.2, 0) is 4.74 Å². The van der Waals surface area contributed by atoms with Gasteiger partial charge in [0, 0.05) is 6.42 Å². The molecule has 0 aromatic rings. The molecule has 0 saturated heterocycles. The molecule has 0 radical (unpaired) electrons. The summed E-state index contributed by atoms with van der Waals surface area (Å²) in [5.41, 5.74) is -0.380. The first-order valence-corrected chi connectivity index (χ1v) is 8.02. The maximum atomic E-state index is 9.19. The Balaban J connectivity index is 1.93. The number of aliphatic hydroxyl groups is 1. The Bertz CT molecular complexity index is 265. The average Bonchev–Trinajstić information content (AvgIpc) is 2.79. The third-order valence-corrected chi connectivity index (χ3v) is 3.78. The molecule has 1 N–H and O–H groups in total. The van der Waals surface area contributed by atoms with Crippen LogP contribution in [0, 0.1) is 0 Å². The first kappa shape index (κ1) is 16.5. The summed E-state index contributed by atoms with van der Waals surface area (Å²) in [5, 5.41) is 9.19. The highest BCUT2D eigenvalue weighted by atomic mass is 16.5. The minimum atomic E-state index is -0.380. The fourth-order valence-corrected chi connectivity index (χ4v) is 2.40. The lowest BCUT2D eigenvalue weighted by atomic mass is 10.1. The van der Waals surface area contributed by atoms with Crippen LogP contribution >= 0.6 is 0 Å². The van der Waals surface area contributed by atoms with Crippen LogP contribution < -0.4 is 0 Å². The molecule has 3 heteroatoms. The highest BCUT2D eigenvalue weighted by molar-refractivity contribution is 5.78. The van der Waals surface area contributed by atoms with Gasteiger partial charge in [-0.1, -0.05) is 58.3 Å². The van der Waals surface area contributed by atoms with Crippen molar-refractivity contribution < 1.29 is 9.84 Å². The van der Waals surface area contributed by atoms with Gasteiger partial charge in [0.15, 0.2) is 5.90 Å². The second-order valence-corrected chi connectivity index (χ2v) is 6.03. The molecule has 0 amide bonds. The Morgan fingerprint density at radius 3 is 2.16 bits per heavy atom. The molecule has 3 nitrogen and oxygen atoms in total. The van der Waals surface area contributed by atoms with E-state index >= 15 is 0 Å². The molecule has 0 spiro atoms. The molecule has 1 rings (SSSR count). The first-order chi connectivity index (χ1) is 9.20. The number of ether oxygens (including phenoxy) is 1.